The first-order chi connectivity index (χ1) is 17.9. The monoisotopic (exact) mass is 499 g/mol. The summed E-state index contributed by atoms with van der Waals surface area (Å²) in [6.45, 7) is 2.36. The van der Waals surface area contributed by atoms with E-state index in [0.717, 1.165) is 11.1 Å². The zero-order valence-electron chi connectivity index (χ0n) is 20.3. The van der Waals surface area contributed by atoms with Gasteiger partial charge in [0.1, 0.15) is 6.04 Å². The molecule has 37 heavy (non-hydrogen) atoms. The maximum Gasteiger partial charge on any atom is 0.267 e. The zero-order valence-corrected chi connectivity index (χ0v) is 20.3. The van der Waals surface area contributed by atoms with E-state index in [-0.39, 0.29) is 12.5 Å². The molecule has 0 saturated carbocycles. The molecule has 9 heteroatoms. The molecule has 0 radical (unpaired) electrons. The van der Waals surface area contributed by atoms with Crippen molar-refractivity contribution in [3.63, 3.8) is 0 Å². The molecule has 2 atom stereocenters. The maximum absolute atomic E-state index is 12.4. The lowest BCUT2D eigenvalue weighted by atomic mass is 10.1. The summed E-state index contributed by atoms with van der Waals surface area (Å²) < 4.78 is 0. The highest BCUT2D eigenvalue weighted by molar-refractivity contribution is 5.97. The average Bonchev–Trinajstić information content (AvgIpc) is 2.91. The fraction of sp³-hybridized carbons (Fsp3) is 0.179. The van der Waals surface area contributed by atoms with Gasteiger partial charge in [0.15, 0.2) is 0 Å². The number of rotatable bonds is 9. The molecule has 0 aliphatic rings. The summed E-state index contributed by atoms with van der Waals surface area (Å²) in [5.74, 6) is 4.63. The van der Waals surface area contributed by atoms with Crippen molar-refractivity contribution in [2.45, 2.75) is 25.6 Å². The Labute approximate surface area is 215 Å². The number of hydroxylamine groups is 1. The number of nitrogens with two attached hydrogens (primary N) is 1. The van der Waals surface area contributed by atoms with E-state index in [0.29, 0.717) is 23.4 Å². The molecule has 0 fully saturated rings. The largest absolute Gasteiger partial charge is 0.339 e. The topological polar surface area (TPSA) is 146 Å². The highest BCUT2D eigenvalue weighted by atomic mass is 16.5. The Balaban J connectivity index is 1.51. The second kappa shape index (κ2) is 13.6. The molecule has 9 nitrogen and oxygen atoms in total. The summed E-state index contributed by atoms with van der Waals surface area (Å²) in [7, 11) is 0. The van der Waals surface area contributed by atoms with Gasteiger partial charge in [0, 0.05) is 35.0 Å². The number of carbonyl (C=O) groups excluding carboxylic acids is 3. The van der Waals surface area contributed by atoms with Gasteiger partial charge in [0.25, 0.3) is 11.8 Å². The van der Waals surface area contributed by atoms with E-state index in [1.54, 1.807) is 43.3 Å². The highest BCUT2D eigenvalue weighted by Gasteiger charge is 2.24. The first-order valence-electron chi connectivity index (χ1n) is 11.6. The zero-order chi connectivity index (χ0) is 26.6. The van der Waals surface area contributed by atoms with Gasteiger partial charge in [-0.3, -0.25) is 19.6 Å². The van der Waals surface area contributed by atoms with Crippen LogP contribution in [0.5, 0.6) is 0 Å². The Kier molecular flexibility index (Phi) is 9.93. The quantitative estimate of drug-likeness (QED) is 0.150. The molecule has 0 spiro atoms. The van der Waals surface area contributed by atoms with Gasteiger partial charge in [-0.25, -0.2) is 5.48 Å². The summed E-state index contributed by atoms with van der Waals surface area (Å²) in [5, 5.41) is 17.3. The predicted molar refractivity (Wildman–Crippen MR) is 140 cm³/mol. The van der Waals surface area contributed by atoms with Gasteiger partial charge in [-0.2, -0.15) is 0 Å². The molecule has 3 amide bonds. The van der Waals surface area contributed by atoms with Crippen LogP contribution in [0.2, 0.25) is 0 Å². The van der Waals surface area contributed by atoms with E-state index in [9.17, 15) is 14.4 Å². The normalized spacial score (nSPS) is 11.9. The van der Waals surface area contributed by atoms with Crippen LogP contribution >= 0.6 is 0 Å². The Bertz CT molecular complexity index is 1260. The highest BCUT2D eigenvalue weighted by Crippen LogP contribution is 2.10. The van der Waals surface area contributed by atoms with Crippen LogP contribution in [0.1, 0.15) is 34.0 Å². The van der Waals surface area contributed by atoms with Gasteiger partial charge in [-0.05, 0) is 61.0 Å². The van der Waals surface area contributed by atoms with Crippen LogP contribution < -0.4 is 27.2 Å². The molecule has 0 aliphatic heterocycles. The van der Waals surface area contributed by atoms with Crippen LogP contribution in [-0.2, 0) is 16.1 Å². The molecule has 0 unspecified atom stereocenters. The van der Waals surface area contributed by atoms with Gasteiger partial charge >= 0.3 is 0 Å². The number of hydrogen-bond donors (Lipinski definition) is 6. The van der Waals surface area contributed by atoms with E-state index in [1.807, 2.05) is 42.5 Å². The summed E-state index contributed by atoms with van der Waals surface area (Å²) >= 11 is 0. The molecule has 0 aromatic heterocycles. The van der Waals surface area contributed by atoms with E-state index in [4.69, 9.17) is 10.9 Å². The summed E-state index contributed by atoms with van der Waals surface area (Å²) in [6.07, 6.45) is 0. The SMILES string of the molecule is C[C@@H](N)[C@H](NC(=O)c1ccc(C#Cc2ccc(NC(=O)CNCc3ccccc3)cc2)cc1)C(=O)NO. The van der Waals surface area contributed by atoms with Crippen molar-refractivity contribution in [3.8, 4) is 11.8 Å². The van der Waals surface area contributed by atoms with Crippen LogP contribution in [-0.4, -0.2) is 41.6 Å². The van der Waals surface area contributed by atoms with Crippen molar-refractivity contribution in [3.05, 3.63) is 101 Å². The maximum atomic E-state index is 12.4. The minimum atomic E-state index is -1.07. The van der Waals surface area contributed by atoms with Crippen molar-refractivity contribution in [2.24, 2.45) is 5.73 Å². The molecule has 0 aliphatic carbocycles. The Morgan fingerprint density at radius 2 is 1.49 bits per heavy atom. The third-order valence-electron chi connectivity index (χ3n) is 5.33. The van der Waals surface area contributed by atoms with Crippen LogP contribution in [0.25, 0.3) is 0 Å². The summed E-state index contributed by atoms with van der Waals surface area (Å²) in [5.41, 5.74) is 10.8. The van der Waals surface area contributed by atoms with Crippen LogP contribution in [0.4, 0.5) is 5.69 Å². The van der Waals surface area contributed by atoms with E-state index in [2.05, 4.69) is 27.8 Å². The minimum Gasteiger partial charge on any atom is -0.339 e. The Morgan fingerprint density at radius 3 is 2.05 bits per heavy atom. The van der Waals surface area contributed by atoms with Crippen molar-refractivity contribution >= 4 is 23.4 Å². The lowest BCUT2D eigenvalue weighted by molar-refractivity contribution is -0.131. The molecular formula is C28H29N5O4. The van der Waals surface area contributed by atoms with Gasteiger partial charge in [0.2, 0.25) is 5.91 Å². The predicted octanol–water partition coefficient (Wildman–Crippen LogP) is 1.77. The van der Waals surface area contributed by atoms with Crippen LogP contribution in [0, 0.1) is 11.8 Å². The first kappa shape index (κ1) is 27.1. The van der Waals surface area contributed by atoms with E-state index in [1.165, 1.54) is 5.48 Å². The van der Waals surface area contributed by atoms with Crippen LogP contribution in [0.15, 0.2) is 78.9 Å². The first-order valence-corrected chi connectivity index (χ1v) is 11.6. The van der Waals surface area contributed by atoms with Crippen molar-refractivity contribution in [2.75, 3.05) is 11.9 Å². The molecule has 0 bridgehead atoms. The lowest BCUT2D eigenvalue weighted by Gasteiger charge is -2.20. The summed E-state index contributed by atoms with van der Waals surface area (Å²) in [4.78, 5) is 36.2. The molecule has 3 aromatic rings. The molecule has 3 aromatic carbocycles. The third kappa shape index (κ3) is 8.59. The Hall–Kier alpha value is -4.49. The smallest absolute Gasteiger partial charge is 0.267 e. The van der Waals surface area contributed by atoms with Crippen molar-refractivity contribution in [1.29, 1.82) is 0 Å². The second-order valence-electron chi connectivity index (χ2n) is 8.33. The molecular weight excluding hydrogens is 470 g/mol. The third-order valence-corrected chi connectivity index (χ3v) is 5.33. The van der Waals surface area contributed by atoms with Crippen molar-refractivity contribution < 1.29 is 19.6 Å². The van der Waals surface area contributed by atoms with E-state index >= 15 is 0 Å². The summed E-state index contributed by atoms with van der Waals surface area (Å²) in [6, 6.07) is 21.8. The number of amides is 3. The van der Waals surface area contributed by atoms with Gasteiger partial charge in [-0.15, -0.1) is 0 Å². The van der Waals surface area contributed by atoms with E-state index < -0.39 is 23.9 Å². The van der Waals surface area contributed by atoms with Gasteiger partial charge in [0.05, 0.1) is 6.54 Å². The molecule has 0 saturated heterocycles. The molecule has 190 valence electrons. The second-order valence-corrected chi connectivity index (χ2v) is 8.33. The lowest BCUT2D eigenvalue weighted by Crippen LogP contribution is -2.54. The number of anilines is 1. The number of nitrogens with one attached hydrogen (secondary N) is 4. The molecule has 7 N–H and O–H groups in total. The van der Waals surface area contributed by atoms with Crippen LogP contribution in [0.3, 0.4) is 0 Å². The van der Waals surface area contributed by atoms with Gasteiger partial charge < -0.3 is 21.7 Å². The number of benzene rings is 3. The fourth-order valence-electron chi connectivity index (χ4n) is 3.34. The van der Waals surface area contributed by atoms with Gasteiger partial charge in [-0.1, -0.05) is 42.2 Å². The molecule has 0 heterocycles. The fourth-order valence-corrected chi connectivity index (χ4v) is 3.34. The Morgan fingerprint density at radius 1 is 0.892 bits per heavy atom. The van der Waals surface area contributed by atoms with Crippen molar-refractivity contribution in [1.82, 2.24) is 16.1 Å². The number of hydrogen-bond acceptors (Lipinski definition) is 6. The minimum absolute atomic E-state index is 0.136. The average molecular weight is 500 g/mol. The standard InChI is InChI=1S/C28H29N5O4/c1-19(29)26(28(36)33-37)32-27(35)23-13-9-20(10-14-23)7-8-21-11-15-24(16-12-21)31-25(34)18-30-17-22-5-3-2-4-6-22/h2-6,9-16,19,26,30,37H,17-18,29H2,1H3,(H,31,34)(H,32,35)(H,33,36)/t19-,26+/m1/s1. The molecule has 3 rings (SSSR count). The number of carbonyl (C=O) groups is 3.